The van der Waals surface area contributed by atoms with Gasteiger partial charge in [0.25, 0.3) is 5.91 Å². The van der Waals surface area contributed by atoms with Crippen LogP contribution in [0.25, 0.3) is 11.3 Å². The van der Waals surface area contributed by atoms with Crippen molar-refractivity contribution in [2.24, 2.45) is 0 Å². The molecule has 71 heavy (non-hydrogen) atoms. The highest BCUT2D eigenvalue weighted by atomic mass is 35.5. The number of halogens is 2. The second kappa shape index (κ2) is 19.1. The lowest BCUT2D eigenvalue weighted by Gasteiger charge is -2.41. The summed E-state index contributed by atoms with van der Waals surface area (Å²) in [6.45, 7) is 6.42. The van der Waals surface area contributed by atoms with Crippen LogP contribution in [0.15, 0.2) is 54.9 Å². The first-order chi connectivity index (χ1) is 33.8. The van der Waals surface area contributed by atoms with Crippen molar-refractivity contribution in [3.63, 3.8) is 0 Å². The third-order valence-corrected chi connectivity index (χ3v) is 15.3. The molecule has 376 valence electrons. The van der Waals surface area contributed by atoms with E-state index in [-0.39, 0.29) is 53.4 Å². The largest absolute Gasteiger partial charge is 0.374 e. The summed E-state index contributed by atoms with van der Waals surface area (Å²) in [6, 6.07) is 10.7. The number of aryl methyl sites for hydroxylation is 2. The van der Waals surface area contributed by atoms with Crippen molar-refractivity contribution in [1.29, 1.82) is 0 Å². The molecule has 8 heterocycles. The lowest BCUT2D eigenvalue weighted by molar-refractivity contribution is -0.119. The molecule has 6 aromatic rings. The van der Waals surface area contributed by atoms with E-state index in [0.717, 1.165) is 61.0 Å². The fourth-order valence-corrected chi connectivity index (χ4v) is 11.7. The average Bonchev–Trinajstić information content (AvgIpc) is 3.90. The molecule has 1 amide bonds. The Labute approximate surface area is 421 Å². The SMILES string of the molecule is Cc1cn2nc(C3CCCCN3C(=O)c3cc(Cl)ccc3NS(C)(=O)=O)cc2nc1N1CC(OCc2c(Cl)ccc(NS(C)(=O)=O)c2C(O)N2CCCCC2c2cc3nc(N4CC(=O)C4)c(C)cn3n2)C1. The first kappa shape index (κ1) is 49.0. The molecule has 24 heteroatoms. The first-order valence-corrected chi connectivity index (χ1v) is 28.0. The lowest BCUT2D eigenvalue weighted by atomic mass is 9.95. The number of piperidine rings is 2. The molecule has 0 saturated carbocycles. The molecule has 3 unspecified atom stereocenters. The number of aromatic nitrogens is 6. The van der Waals surface area contributed by atoms with Crippen LogP contribution in [-0.2, 0) is 36.2 Å². The van der Waals surface area contributed by atoms with Gasteiger partial charge in [-0.1, -0.05) is 29.6 Å². The van der Waals surface area contributed by atoms with E-state index in [1.54, 1.807) is 26.1 Å². The van der Waals surface area contributed by atoms with Crippen LogP contribution in [0.5, 0.6) is 0 Å². The Hall–Kier alpha value is -5.62. The number of ether oxygens (including phenoxy) is 1. The van der Waals surface area contributed by atoms with Gasteiger partial charge in [0.15, 0.2) is 17.1 Å². The maximum Gasteiger partial charge on any atom is 0.256 e. The molecule has 4 aromatic heterocycles. The Balaban J connectivity index is 0.860. The van der Waals surface area contributed by atoms with Crippen LogP contribution in [0.2, 0.25) is 10.0 Å². The van der Waals surface area contributed by atoms with Gasteiger partial charge in [-0.2, -0.15) is 10.2 Å². The molecule has 2 aromatic carbocycles. The van der Waals surface area contributed by atoms with Gasteiger partial charge in [-0.05, 0) is 76.3 Å². The molecule has 3 N–H and O–H groups in total. The number of amides is 1. The summed E-state index contributed by atoms with van der Waals surface area (Å²) in [7, 11) is -7.46. The number of nitrogens with one attached hydrogen (secondary N) is 2. The molecule has 4 saturated heterocycles. The van der Waals surface area contributed by atoms with E-state index in [9.17, 15) is 31.5 Å². The molecular formula is C47H54Cl2N12O8S2. The van der Waals surface area contributed by atoms with Crippen LogP contribution in [-0.4, -0.2) is 131 Å². The standard InChI is InChI=1S/C47H54Cl2N12O8S2/c1-27-20-60-41(50-44(27)56-22-30(62)23-56)19-38(53-60)40-10-6-8-16-59(40)47(64)43-33(34(49)12-14-36(43)55-71(4,67)68)26-69-31-24-57(25-31)45-28(2)21-61-42(51-45)18-37(52-61)39-9-5-7-15-58(39)46(63)32-17-29(48)11-13-35(32)54-70(3,65)66/h11-14,17-21,31,39-40,47,54-55,64H,5-10,15-16,22-26H2,1-4H3. The van der Waals surface area contributed by atoms with Gasteiger partial charge in [0.1, 0.15) is 17.9 Å². The van der Waals surface area contributed by atoms with Gasteiger partial charge in [-0.25, -0.2) is 35.8 Å². The summed E-state index contributed by atoms with van der Waals surface area (Å²) in [5.41, 5.74) is 5.55. The number of Topliss-reactive ketones (excluding diaryl/α,β-unsaturated/α-hetero) is 1. The van der Waals surface area contributed by atoms with Gasteiger partial charge < -0.3 is 24.5 Å². The van der Waals surface area contributed by atoms with Crippen LogP contribution in [0, 0.1) is 13.8 Å². The van der Waals surface area contributed by atoms with Crippen molar-refractivity contribution >= 4 is 89.2 Å². The Bertz CT molecular complexity index is 3320. The van der Waals surface area contributed by atoms with Crippen LogP contribution in [0.3, 0.4) is 0 Å². The topological polar surface area (TPSA) is 229 Å². The van der Waals surface area contributed by atoms with E-state index in [1.807, 2.05) is 48.2 Å². The molecule has 10 rings (SSSR count). The monoisotopic (exact) mass is 1050 g/mol. The maximum absolute atomic E-state index is 14.1. The van der Waals surface area contributed by atoms with Crippen molar-refractivity contribution in [1.82, 2.24) is 39.0 Å². The van der Waals surface area contributed by atoms with E-state index < -0.39 is 26.3 Å². The molecule has 4 fully saturated rings. The third kappa shape index (κ3) is 10.1. The minimum atomic E-state index is -3.78. The summed E-state index contributed by atoms with van der Waals surface area (Å²) < 4.78 is 64.8. The van der Waals surface area contributed by atoms with E-state index >= 15 is 0 Å². The normalized spacial score (nSPS) is 19.8. The van der Waals surface area contributed by atoms with E-state index in [1.165, 1.54) is 18.2 Å². The number of carbonyl (C=O) groups is 2. The summed E-state index contributed by atoms with van der Waals surface area (Å²) in [6.07, 6.45) is 8.97. The number of anilines is 4. The van der Waals surface area contributed by atoms with Gasteiger partial charge in [0.2, 0.25) is 20.0 Å². The zero-order valence-corrected chi connectivity index (χ0v) is 42.7. The number of hydrogen-bond acceptors (Lipinski definition) is 15. The van der Waals surface area contributed by atoms with Crippen molar-refractivity contribution in [2.45, 2.75) is 83.4 Å². The Morgan fingerprint density at radius 1 is 0.789 bits per heavy atom. The van der Waals surface area contributed by atoms with Gasteiger partial charge in [0.05, 0.1) is 78.7 Å². The fourth-order valence-electron chi connectivity index (χ4n) is 10.2. The Morgan fingerprint density at radius 3 is 2.00 bits per heavy atom. The number of aliphatic hydroxyl groups excluding tert-OH is 1. The summed E-state index contributed by atoms with van der Waals surface area (Å²) in [5.74, 6) is 1.27. The predicted octanol–water partition coefficient (Wildman–Crippen LogP) is 5.82. The lowest BCUT2D eigenvalue weighted by Crippen LogP contribution is -2.53. The highest BCUT2D eigenvalue weighted by molar-refractivity contribution is 7.92. The predicted molar refractivity (Wildman–Crippen MR) is 269 cm³/mol. The maximum atomic E-state index is 14.1. The number of likely N-dealkylation sites (tertiary alicyclic amines) is 2. The van der Waals surface area contributed by atoms with Gasteiger partial charge in [-0.3, -0.25) is 23.9 Å². The summed E-state index contributed by atoms with van der Waals surface area (Å²) in [5, 5.41) is 22.8. The molecule has 20 nitrogen and oxygen atoms in total. The Kier molecular flexibility index (Phi) is 13.2. The molecule has 4 aliphatic heterocycles. The molecule has 0 bridgehead atoms. The van der Waals surface area contributed by atoms with E-state index in [4.69, 9.17) is 48.1 Å². The molecule has 0 spiro atoms. The van der Waals surface area contributed by atoms with Crippen molar-refractivity contribution in [2.75, 3.05) is 71.0 Å². The number of benzene rings is 2. The molecule has 4 aliphatic rings. The number of nitrogens with zero attached hydrogens (tertiary/aromatic N) is 10. The number of hydrogen-bond donors (Lipinski definition) is 3. The van der Waals surface area contributed by atoms with Crippen LogP contribution < -0.4 is 19.2 Å². The number of aliphatic hydroxyl groups is 1. The van der Waals surface area contributed by atoms with Gasteiger partial charge in [-0.15, -0.1) is 0 Å². The van der Waals surface area contributed by atoms with Crippen LogP contribution in [0.4, 0.5) is 23.0 Å². The Morgan fingerprint density at radius 2 is 1.37 bits per heavy atom. The number of sulfonamides is 2. The number of carbonyl (C=O) groups excluding carboxylic acids is 2. The minimum absolute atomic E-state index is 0.0180. The smallest absolute Gasteiger partial charge is 0.256 e. The summed E-state index contributed by atoms with van der Waals surface area (Å²) >= 11 is 13.2. The number of rotatable bonds is 14. The second-order valence-corrected chi connectivity index (χ2v) is 23.4. The van der Waals surface area contributed by atoms with E-state index in [0.29, 0.717) is 96.0 Å². The third-order valence-electron chi connectivity index (χ3n) is 13.6. The molecule has 0 radical (unpaired) electrons. The molecule has 0 aliphatic carbocycles. The van der Waals surface area contributed by atoms with E-state index in [2.05, 4.69) is 14.3 Å². The van der Waals surface area contributed by atoms with Gasteiger partial charge in [0, 0.05) is 83.0 Å². The van der Waals surface area contributed by atoms with Crippen LogP contribution >= 0.6 is 23.2 Å². The van der Waals surface area contributed by atoms with Crippen molar-refractivity contribution in [3.05, 3.63) is 104 Å². The highest BCUT2D eigenvalue weighted by Crippen LogP contribution is 2.42. The summed E-state index contributed by atoms with van der Waals surface area (Å²) in [4.78, 5) is 43.4. The van der Waals surface area contributed by atoms with Crippen molar-refractivity contribution in [3.8, 4) is 0 Å². The zero-order valence-electron chi connectivity index (χ0n) is 39.5. The number of ketones is 1. The first-order valence-electron chi connectivity index (χ1n) is 23.4. The molecular weight excluding hydrogens is 996 g/mol. The number of fused-ring (bicyclic) bond motifs is 2. The second-order valence-electron chi connectivity index (χ2n) is 19.0. The average molecular weight is 1050 g/mol. The molecule has 3 atom stereocenters. The zero-order chi connectivity index (χ0) is 50.1. The minimum Gasteiger partial charge on any atom is -0.374 e. The van der Waals surface area contributed by atoms with Crippen molar-refractivity contribution < 1.29 is 36.3 Å². The van der Waals surface area contributed by atoms with Gasteiger partial charge >= 0.3 is 0 Å². The quantitative estimate of drug-likeness (QED) is 0.117. The fraction of sp³-hybridized carbons (Fsp3) is 0.447. The van der Waals surface area contributed by atoms with Crippen LogP contribution in [0.1, 0.15) is 101 Å². The highest BCUT2D eigenvalue weighted by Gasteiger charge is 2.38.